The standard InChI is InChI=1S/C7H8F2O2/c8-7(9)11-6-3-1-2-5(10)4-6/h4,7H,1-3H2. The molecular formula is C7H8F2O2. The van der Waals surface area contributed by atoms with Gasteiger partial charge >= 0.3 is 6.61 Å². The lowest BCUT2D eigenvalue weighted by Gasteiger charge is -2.11. The fraction of sp³-hybridized carbons (Fsp3) is 0.571. The van der Waals surface area contributed by atoms with Crippen molar-refractivity contribution in [1.82, 2.24) is 0 Å². The Morgan fingerprint density at radius 3 is 2.73 bits per heavy atom. The van der Waals surface area contributed by atoms with Gasteiger partial charge in [0.1, 0.15) is 5.76 Å². The lowest BCUT2D eigenvalue weighted by Crippen LogP contribution is -2.07. The number of hydrogen-bond donors (Lipinski definition) is 0. The first-order valence-electron chi connectivity index (χ1n) is 3.36. The van der Waals surface area contributed by atoms with Crippen LogP contribution in [0.15, 0.2) is 11.8 Å². The minimum Gasteiger partial charge on any atom is -0.439 e. The first kappa shape index (κ1) is 8.17. The van der Waals surface area contributed by atoms with E-state index in [-0.39, 0.29) is 11.5 Å². The largest absolute Gasteiger partial charge is 0.439 e. The Hall–Kier alpha value is -0.930. The van der Waals surface area contributed by atoms with Gasteiger partial charge in [-0.1, -0.05) is 0 Å². The van der Waals surface area contributed by atoms with Gasteiger partial charge in [0.25, 0.3) is 0 Å². The molecule has 0 N–H and O–H groups in total. The zero-order valence-corrected chi connectivity index (χ0v) is 5.85. The highest BCUT2D eigenvalue weighted by atomic mass is 19.3. The molecule has 0 aromatic heterocycles. The summed E-state index contributed by atoms with van der Waals surface area (Å²) in [6.07, 6.45) is 2.64. The van der Waals surface area contributed by atoms with Crippen LogP contribution in [0, 0.1) is 0 Å². The van der Waals surface area contributed by atoms with Gasteiger partial charge in [-0.25, -0.2) is 0 Å². The molecule has 62 valence electrons. The maximum Gasteiger partial charge on any atom is 0.387 e. The maximum absolute atomic E-state index is 11.6. The van der Waals surface area contributed by atoms with E-state index in [9.17, 15) is 13.6 Å². The van der Waals surface area contributed by atoms with Gasteiger partial charge < -0.3 is 4.74 Å². The molecule has 4 heteroatoms. The molecule has 1 rings (SSSR count). The van der Waals surface area contributed by atoms with Gasteiger partial charge in [-0.3, -0.25) is 4.79 Å². The third-order valence-electron chi connectivity index (χ3n) is 1.41. The second-order valence-corrected chi connectivity index (χ2v) is 2.31. The predicted octanol–water partition coefficient (Wildman–Crippen LogP) is 1.86. The predicted molar refractivity (Wildman–Crippen MR) is 34.0 cm³/mol. The highest BCUT2D eigenvalue weighted by Crippen LogP contribution is 2.18. The fourth-order valence-electron chi connectivity index (χ4n) is 0.968. The SMILES string of the molecule is O=C1C=C(OC(F)F)CCC1. The van der Waals surface area contributed by atoms with Crippen molar-refractivity contribution in [3.8, 4) is 0 Å². The van der Waals surface area contributed by atoms with Crippen LogP contribution in [0.5, 0.6) is 0 Å². The van der Waals surface area contributed by atoms with Crippen molar-refractivity contribution in [2.45, 2.75) is 25.9 Å². The highest BCUT2D eigenvalue weighted by Gasteiger charge is 2.13. The summed E-state index contributed by atoms with van der Waals surface area (Å²) in [6.45, 7) is -2.81. The first-order valence-corrected chi connectivity index (χ1v) is 3.36. The van der Waals surface area contributed by atoms with Gasteiger partial charge in [-0.2, -0.15) is 8.78 Å². The van der Waals surface area contributed by atoms with Crippen LogP contribution in [0.2, 0.25) is 0 Å². The van der Waals surface area contributed by atoms with Crippen molar-refractivity contribution < 1.29 is 18.3 Å². The van der Waals surface area contributed by atoms with Crippen molar-refractivity contribution in [3.63, 3.8) is 0 Å². The molecule has 0 saturated heterocycles. The smallest absolute Gasteiger partial charge is 0.387 e. The number of alkyl halides is 2. The normalized spacial score (nSPS) is 18.5. The molecule has 0 aromatic rings. The van der Waals surface area contributed by atoms with Crippen molar-refractivity contribution in [3.05, 3.63) is 11.8 Å². The third kappa shape index (κ3) is 2.65. The van der Waals surface area contributed by atoms with Crippen LogP contribution >= 0.6 is 0 Å². The summed E-state index contributed by atoms with van der Waals surface area (Å²) in [6, 6.07) is 0. The number of hydrogen-bond acceptors (Lipinski definition) is 2. The van der Waals surface area contributed by atoms with Crippen molar-refractivity contribution >= 4 is 5.78 Å². The average Bonchev–Trinajstić information content (AvgIpc) is 1.85. The van der Waals surface area contributed by atoms with Gasteiger partial charge in [-0.05, 0) is 6.42 Å². The van der Waals surface area contributed by atoms with Crippen molar-refractivity contribution in [2.75, 3.05) is 0 Å². The van der Waals surface area contributed by atoms with Crippen LogP contribution in [0.25, 0.3) is 0 Å². The Kier molecular flexibility index (Phi) is 2.57. The third-order valence-corrected chi connectivity index (χ3v) is 1.41. The Balaban J connectivity index is 2.50. The summed E-state index contributed by atoms with van der Waals surface area (Å²) in [5.41, 5.74) is 0. The maximum atomic E-state index is 11.6. The summed E-state index contributed by atoms with van der Waals surface area (Å²) >= 11 is 0. The van der Waals surface area contributed by atoms with Crippen molar-refractivity contribution in [1.29, 1.82) is 0 Å². The second kappa shape index (κ2) is 3.46. The minimum atomic E-state index is -2.81. The fourth-order valence-corrected chi connectivity index (χ4v) is 0.968. The summed E-state index contributed by atoms with van der Waals surface area (Å²) in [5.74, 6) is -0.0249. The number of ether oxygens (including phenoxy) is 1. The van der Waals surface area contributed by atoms with E-state index >= 15 is 0 Å². The molecule has 0 spiro atoms. The molecule has 0 fully saturated rings. The molecule has 0 bridgehead atoms. The van der Waals surface area contributed by atoms with E-state index in [0.29, 0.717) is 19.3 Å². The van der Waals surface area contributed by atoms with E-state index < -0.39 is 6.61 Å². The molecule has 0 heterocycles. The van der Waals surface area contributed by atoms with E-state index in [0.717, 1.165) is 6.08 Å². The molecule has 0 amide bonds. The summed E-state index contributed by atoms with van der Waals surface area (Å²) in [7, 11) is 0. The van der Waals surface area contributed by atoms with E-state index in [1.807, 2.05) is 0 Å². The number of carbonyl (C=O) groups is 1. The van der Waals surface area contributed by atoms with Crippen molar-refractivity contribution in [2.24, 2.45) is 0 Å². The van der Waals surface area contributed by atoms with Gasteiger partial charge in [0.2, 0.25) is 0 Å². The van der Waals surface area contributed by atoms with Crippen LogP contribution < -0.4 is 0 Å². The molecule has 0 aromatic carbocycles. The summed E-state index contributed by atoms with van der Waals surface area (Å²) in [5, 5.41) is 0. The zero-order valence-electron chi connectivity index (χ0n) is 5.85. The van der Waals surface area contributed by atoms with Gasteiger partial charge in [-0.15, -0.1) is 0 Å². The number of allylic oxidation sites excluding steroid dienone is 2. The number of ketones is 1. The molecule has 11 heavy (non-hydrogen) atoms. The quantitative estimate of drug-likeness (QED) is 0.619. The number of rotatable bonds is 2. The Bertz CT molecular complexity index is 187. The van der Waals surface area contributed by atoms with Gasteiger partial charge in [0.15, 0.2) is 5.78 Å². The Labute approximate surface area is 62.8 Å². The van der Waals surface area contributed by atoms with E-state index in [2.05, 4.69) is 4.74 Å². The van der Waals surface area contributed by atoms with Crippen LogP contribution in [0.1, 0.15) is 19.3 Å². The van der Waals surface area contributed by atoms with Crippen LogP contribution in [0.4, 0.5) is 8.78 Å². The number of carbonyl (C=O) groups excluding carboxylic acids is 1. The average molecular weight is 162 g/mol. The lowest BCUT2D eigenvalue weighted by molar-refractivity contribution is -0.118. The summed E-state index contributed by atoms with van der Waals surface area (Å²) < 4.78 is 27.2. The highest BCUT2D eigenvalue weighted by molar-refractivity contribution is 5.90. The molecule has 0 radical (unpaired) electrons. The molecule has 1 aliphatic rings. The number of halogens is 2. The Morgan fingerprint density at radius 1 is 1.45 bits per heavy atom. The molecule has 0 saturated carbocycles. The van der Waals surface area contributed by atoms with Gasteiger partial charge in [0.05, 0.1) is 0 Å². The molecule has 0 atom stereocenters. The first-order chi connectivity index (χ1) is 5.18. The van der Waals surface area contributed by atoms with E-state index in [1.165, 1.54) is 0 Å². The minimum absolute atomic E-state index is 0.108. The van der Waals surface area contributed by atoms with E-state index in [1.54, 1.807) is 0 Å². The Morgan fingerprint density at radius 2 is 2.18 bits per heavy atom. The molecule has 0 aliphatic heterocycles. The van der Waals surface area contributed by atoms with Crippen LogP contribution in [-0.2, 0) is 9.53 Å². The second-order valence-electron chi connectivity index (χ2n) is 2.31. The molecular weight excluding hydrogens is 154 g/mol. The zero-order chi connectivity index (χ0) is 8.27. The monoisotopic (exact) mass is 162 g/mol. The topological polar surface area (TPSA) is 26.3 Å². The van der Waals surface area contributed by atoms with Crippen LogP contribution in [-0.4, -0.2) is 12.4 Å². The molecule has 1 aliphatic carbocycles. The molecule has 0 unspecified atom stereocenters. The lowest BCUT2D eigenvalue weighted by atomic mass is 10.1. The molecule has 2 nitrogen and oxygen atoms in total. The summed E-state index contributed by atoms with van der Waals surface area (Å²) in [4.78, 5) is 10.7. The van der Waals surface area contributed by atoms with Gasteiger partial charge in [0, 0.05) is 18.9 Å². The van der Waals surface area contributed by atoms with Crippen LogP contribution in [0.3, 0.4) is 0 Å². The van der Waals surface area contributed by atoms with E-state index in [4.69, 9.17) is 0 Å².